The Hall–Kier alpha value is -1.06. The van der Waals surface area contributed by atoms with Crippen LogP contribution in [-0.2, 0) is 9.47 Å². The lowest BCUT2D eigenvalue weighted by Gasteiger charge is -2.40. The van der Waals surface area contributed by atoms with E-state index in [1.165, 1.54) is 0 Å². The van der Waals surface area contributed by atoms with Crippen molar-refractivity contribution in [2.75, 3.05) is 6.61 Å². The molecule has 1 unspecified atom stereocenters. The summed E-state index contributed by atoms with van der Waals surface area (Å²) < 4.78 is 10.3. The van der Waals surface area contributed by atoms with Crippen molar-refractivity contribution in [2.45, 2.75) is 37.0 Å². The van der Waals surface area contributed by atoms with Gasteiger partial charge in [0.1, 0.15) is 24.4 Å². The monoisotopic (exact) mass is 286 g/mol. The van der Waals surface area contributed by atoms with Gasteiger partial charge in [0.25, 0.3) is 0 Å². The molecule has 112 valence electrons. The van der Waals surface area contributed by atoms with E-state index in [1.54, 1.807) is 30.3 Å². The fourth-order valence-corrected chi connectivity index (χ4v) is 2.00. The van der Waals surface area contributed by atoms with Gasteiger partial charge in [0.15, 0.2) is 12.6 Å². The highest BCUT2D eigenvalue weighted by atomic mass is 16.7. The number of hydrogen-bond donors (Lipinski definition) is 5. The Morgan fingerprint density at radius 1 is 1.05 bits per heavy atom. The average Bonchev–Trinajstić information content (AvgIpc) is 2.48. The van der Waals surface area contributed by atoms with E-state index in [0.29, 0.717) is 5.56 Å². The number of rotatable bonds is 4. The predicted molar refractivity (Wildman–Crippen MR) is 66.3 cm³/mol. The van der Waals surface area contributed by atoms with Crippen molar-refractivity contribution in [2.24, 2.45) is 0 Å². The molecule has 0 amide bonds. The van der Waals surface area contributed by atoms with Crippen LogP contribution in [0.15, 0.2) is 30.3 Å². The second-order valence-corrected chi connectivity index (χ2v) is 4.60. The SMILES string of the molecule is OC[C@H]1O[C@H](OC(O)c2ccccc2)[C@@H](O)[C@@H](O)[C@@H]1O. The first-order valence-corrected chi connectivity index (χ1v) is 6.23. The van der Waals surface area contributed by atoms with Gasteiger partial charge in [0.2, 0.25) is 0 Å². The predicted octanol–water partition coefficient (Wildman–Crippen LogP) is -1.51. The van der Waals surface area contributed by atoms with Gasteiger partial charge in [-0.25, -0.2) is 0 Å². The maximum atomic E-state index is 9.88. The Morgan fingerprint density at radius 2 is 1.70 bits per heavy atom. The Bertz CT molecular complexity index is 410. The quantitative estimate of drug-likeness (QED) is 0.427. The standard InChI is InChI=1S/C13H18O7/c14-6-8-9(15)10(16)11(17)13(19-8)20-12(18)7-4-2-1-3-5-7/h1-5,8-18H,6H2/t8-,9-,10+,11+,12?,13-/m1/s1. The van der Waals surface area contributed by atoms with Gasteiger partial charge < -0.3 is 35.0 Å². The molecule has 20 heavy (non-hydrogen) atoms. The second-order valence-electron chi connectivity index (χ2n) is 4.60. The van der Waals surface area contributed by atoms with Gasteiger partial charge in [0, 0.05) is 5.56 Å². The average molecular weight is 286 g/mol. The summed E-state index contributed by atoms with van der Waals surface area (Å²) in [4.78, 5) is 0. The highest BCUT2D eigenvalue weighted by Crippen LogP contribution is 2.26. The van der Waals surface area contributed by atoms with E-state index in [-0.39, 0.29) is 0 Å². The number of aliphatic hydroxyl groups excluding tert-OH is 5. The molecule has 0 aromatic heterocycles. The van der Waals surface area contributed by atoms with Gasteiger partial charge in [-0.2, -0.15) is 0 Å². The molecule has 6 atom stereocenters. The van der Waals surface area contributed by atoms with Gasteiger partial charge in [-0.05, 0) is 0 Å². The molecule has 7 nitrogen and oxygen atoms in total. The Balaban J connectivity index is 2.04. The van der Waals surface area contributed by atoms with E-state index in [2.05, 4.69) is 0 Å². The highest BCUT2D eigenvalue weighted by molar-refractivity contribution is 5.15. The van der Waals surface area contributed by atoms with E-state index < -0.39 is 43.6 Å². The first-order chi connectivity index (χ1) is 9.54. The molecule has 0 spiro atoms. The first-order valence-electron chi connectivity index (χ1n) is 6.23. The van der Waals surface area contributed by atoms with E-state index >= 15 is 0 Å². The molecular weight excluding hydrogens is 268 g/mol. The minimum absolute atomic E-state index is 0.449. The van der Waals surface area contributed by atoms with E-state index in [1.807, 2.05) is 0 Å². The summed E-state index contributed by atoms with van der Waals surface area (Å²) in [5.41, 5.74) is 0.449. The zero-order valence-electron chi connectivity index (χ0n) is 10.6. The number of ether oxygens (including phenoxy) is 2. The summed E-state index contributed by atoms with van der Waals surface area (Å²) in [6.07, 6.45) is -8.32. The number of hydrogen-bond acceptors (Lipinski definition) is 7. The lowest BCUT2D eigenvalue weighted by atomic mass is 9.99. The largest absolute Gasteiger partial charge is 0.394 e. The Labute approximate surface area is 115 Å². The van der Waals surface area contributed by atoms with Crippen LogP contribution in [0.1, 0.15) is 11.9 Å². The lowest BCUT2D eigenvalue weighted by molar-refractivity contribution is -0.333. The van der Waals surface area contributed by atoms with E-state index in [9.17, 15) is 20.4 Å². The normalized spacial score (nSPS) is 35.8. The third kappa shape index (κ3) is 3.15. The molecule has 2 rings (SSSR count). The minimum atomic E-state index is -1.54. The van der Waals surface area contributed by atoms with Crippen LogP contribution in [0.2, 0.25) is 0 Å². The highest BCUT2D eigenvalue weighted by Gasteiger charge is 2.44. The van der Waals surface area contributed by atoms with Crippen molar-refractivity contribution in [3.63, 3.8) is 0 Å². The van der Waals surface area contributed by atoms with Gasteiger partial charge >= 0.3 is 0 Å². The summed E-state index contributed by atoms with van der Waals surface area (Å²) in [7, 11) is 0. The summed E-state index contributed by atoms with van der Waals surface area (Å²) in [5, 5.41) is 47.9. The van der Waals surface area contributed by atoms with Crippen molar-refractivity contribution in [1.82, 2.24) is 0 Å². The fraction of sp³-hybridized carbons (Fsp3) is 0.538. The van der Waals surface area contributed by atoms with E-state index in [0.717, 1.165) is 0 Å². The van der Waals surface area contributed by atoms with Crippen LogP contribution in [0, 0.1) is 0 Å². The molecule has 0 saturated carbocycles. The minimum Gasteiger partial charge on any atom is -0.394 e. The molecule has 1 aromatic carbocycles. The number of aliphatic hydroxyl groups is 5. The Morgan fingerprint density at radius 3 is 2.30 bits per heavy atom. The molecule has 0 bridgehead atoms. The molecule has 1 heterocycles. The van der Waals surface area contributed by atoms with E-state index in [4.69, 9.17) is 14.6 Å². The molecule has 1 saturated heterocycles. The summed E-state index contributed by atoms with van der Waals surface area (Å²) in [6.45, 7) is -0.549. The molecule has 1 aliphatic rings. The zero-order chi connectivity index (χ0) is 14.7. The van der Waals surface area contributed by atoms with Crippen LogP contribution in [0.4, 0.5) is 0 Å². The summed E-state index contributed by atoms with van der Waals surface area (Å²) in [6, 6.07) is 8.41. The molecule has 1 aromatic rings. The van der Waals surface area contributed by atoms with Crippen molar-refractivity contribution < 1.29 is 35.0 Å². The Kier molecular flexibility index (Phi) is 5.06. The fourth-order valence-electron chi connectivity index (χ4n) is 2.00. The van der Waals surface area contributed by atoms with Crippen molar-refractivity contribution in [3.05, 3.63) is 35.9 Å². The van der Waals surface area contributed by atoms with Crippen LogP contribution in [0.3, 0.4) is 0 Å². The van der Waals surface area contributed by atoms with Gasteiger partial charge in [-0.1, -0.05) is 30.3 Å². The van der Waals surface area contributed by atoms with Crippen molar-refractivity contribution in [1.29, 1.82) is 0 Å². The molecule has 1 fully saturated rings. The number of benzene rings is 1. The smallest absolute Gasteiger partial charge is 0.190 e. The van der Waals surface area contributed by atoms with Crippen LogP contribution in [-0.4, -0.2) is 62.8 Å². The molecule has 1 aliphatic heterocycles. The third-order valence-electron chi connectivity index (χ3n) is 3.20. The molecule has 0 aliphatic carbocycles. The first kappa shape index (κ1) is 15.3. The van der Waals surface area contributed by atoms with Crippen LogP contribution in [0.5, 0.6) is 0 Å². The molecule has 7 heteroatoms. The lowest BCUT2D eigenvalue weighted by Crippen LogP contribution is -2.59. The zero-order valence-corrected chi connectivity index (χ0v) is 10.6. The molecular formula is C13H18O7. The topological polar surface area (TPSA) is 120 Å². The molecule has 0 radical (unpaired) electrons. The summed E-state index contributed by atoms with van der Waals surface area (Å²) in [5.74, 6) is 0. The van der Waals surface area contributed by atoms with Crippen molar-refractivity contribution >= 4 is 0 Å². The van der Waals surface area contributed by atoms with Crippen LogP contribution < -0.4 is 0 Å². The van der Waals surface area contributed by atoms with Crippen molar-refractivity contribution in [3.8, 4) is 0 Å². The maximum absolute atomic E-state index is 9.88. The van der Waals surface area contributed by atoms with Gasteiger partial charge in [-0.15, -0.1) is 0 Å². The van der Waals surface area contributed by atoms with Crippen LogP contribution in [0.25, 0.3) is 0 Å². The third-order valence-corrected chi connectivity index (χ3v) is 3.20. The van der Waals surface area contributed by atoms with Gasteiger partial charge in [0.05, 0.1) is 6.61 Å². The van der Waals surface area contributed by atoms with Crippen LogP contribution >= 0.6 is 0 Å². The summed E-state index contributed by atoms with van der Waals surface area (Å²) >= 11 is 0. The maximum Gasteiger partial charge on any atom is 0.190 e. The molecule has 5 N–H and O–H groups in total. The van der Waals surface area contributed by atoms with Gasteiger partial charge in [-0.3, -0.25) is 0 Å². The second kappa shape index (κ2) is 6.59.